The van der Waals surface area contributed by atoms with Gasteiger partial charge in [0.05, 0.1) is 17.0 Å². The third kappa shape index (κ3) is 3.63. The second-order valence-corrected chi connectivity index (χ2v) is 8.51. The molecular formula is C15H18N4O3S2. The van der Waals surface area contributed by atoms with E-state index in [1.165, 1.54) is 10.5 Å². The van der Waals surface area contributed by atoms with Crippen LogP contribution in [0.15, 0.2) is 35.4 Å². The molecule has 3 rings (SSSR count). The van der Waals surface area contributed by atoms with E-state index >= 15 is 0 Å². The van der Waals surface area contributed by atoms with Crippen LogP contribution in [-0.2, 0) is 14.8 Å². The molecule has 0 aliphatic carbocycles. The molecule has 1 aliphatic heterocycles. The molecule has 7 nitrogen and oxygen atoms in total. The van der Waals surface area contributed by atoms with Gasteiger partial charge in [0.15, 0.2) is 0 Å². The normalized spacial score (nSPS) is 19.1. The molecule has 0 spiro atoms. The van der Waals surface area contributed by atoms with Crippen molar-refractivity contribution in [1.82, 2.24) is 13.9 Å². The fraction of sp³-hybridized carbons (Fsp3) is 0.400. The predicted molar refractivity (Wildman–Crippen MR) is 91.2 cm³/mol. The first-order valence-electron chi connectivity index (χ1n) is 7.62. The van der Waals surface area contributed by atoms with Crippen molar-refractivity contribution in [2.75, 3.05) is 18.4 Å². The Morgan fingerprint density at radius 1 is 1.33 bits per heavy atom. The average Bonchev–Trinajstić information content (AvgIpc) is 3.08. The first-order valence-corrected chi connectivity index (χ1v) is 9.83. The van der Waals surface area contributed by atoms with E-state index in [1.54, 1.807) is 24.3 Å². The highest BCUT2D eigenvalue weighted by molar-refractivity contribution is 7.89. The molecule has 1 unspecified atom stereocenters. The molecule has 1 aromatic heterocycles. The van der Waals surface area contributed by atoms with Gasteiger partial charge in [0, 0.05) is 24.6 Å². The monoisotopic (exact) mass is 366 g/mol. The quantitative estimate of drug-likeness (QED) is 0.892. The number of amides is 1. The molecule has 0 bridgehead atoms. The van der Waals surface area contributed by atoms with E-state index in [9.17, 15) is 13.2 Å². The van der Waals surface area contributed by atoms with Crippen LogP contribution < -0.4 is 5.32 Å². The highest BCUT2D eigenvalue weighted by Crippen LogP contribution is 2.25. The molecule has 1 saturated heterocycles. The van der Waals surface area contributed by atoms with Crippen LogP contribution in [-0.4, -0.2) is 41.3 Å². The lowest BCUT2D eigenvalue weighted by atomic mass is 9.99. The van der Waals surface area contributed by atoms with Gasteiger partial charge in [0.2, 0.25) is 15.9 Å². The van der Waals surface area contributed by atoms with Crippen LogP contribution in [0.5, 0.6) is 0 Å². The number of sulfonamides is 1. The van der Waals surface area contributed by atoms with E-state index < -0.39 is 10.0 Å². The zero-order valence-electron chi connectivity index (χ0n) is 13.2. The number of rotatable bonds is 4. The van der Waals surface area contributed by atoms with Crippen molar-refractivity contribution in [3.05, 3.63) is 36.0 Å². The van der Waals surface area contributed by atoms with E-state index in [4.69, 9.17) is 0 Å². The number of benzene rings is 1. The molecule has 2 heterocycles. The van der Waals surface area contributed by atoms with Crippen molar-refractivity contribution >= 4 is 32.5 Å². The van der Waals surface area contributed by atoms with Gasteiger partial charge in [0.1, 0.15) is 5.00 Å². The van der Waals surface area contributed by atoms with Crippen LogP contribution in [0.4, 0.5) is 5.00 Å². The maximum Gasteiger partial charge on any atom is 0.243 e. The van der Waals surface area contributed by atoms with Gasteiger partial charge in [-0.2, -0.15) is 4.31 Å². The van der Waals surface area contributed by atoms with Gasteiger partial charge in [-0.1, -0.05) is 22.2 Å². The Morgan fingerprint density at radius 2 is 2.08 bits per heavy atom. The summed E-state index contributed by atoms with van der Waals surface area (Å²) in [5.74, 6) is -0.564. The van der Waals surface area contributed by atoms with Gasteiger partial charge < -0.3 is 5.32 Å². The Hall–Kier alpha value is -1.84. The number of nitrogens with zero attached hydrogens (tertiary/aromatic N) is 3. The molecule has 1 aliphatic rings. The Morgan fingerprint density at radius 3 is 2.75 bits per heavy atom. The first kappa shape index (κ1) is 17.0. The van der Waals surface area contributed by atoms with E-state index in [1.807, 2.05) is 6.92 Å². The predicted octanol–water partition coefficient (Wildman–Crippen LogP) is 1.89. The van der Waals surface area contributed by atoms with Crippen LogP contribution in [0.1, 0.15) is 18.4 Å². The van der Waals surface area contributed by atoms with E-state index in [0.717, 1.165) is 17.1 Å². The zero-order valence-corrected chi connectivity index (χ0v) is 14.8. The van der Waals surface area contributed by atoms with Crippen molar-refractivity contribution < 1.29 is 13.2 Å². The van der Waals surface area contributed by atoms with Gasteiger partial charge in [-0.15, -0.1) is 5.10 Å². The van der Waals surface area contributed by atoms with Crippen molar-refractivity contribution in [1.29, 1.82) is 0 Å². The summed E-state index contributed by atoms with van der Waals surface area (Å²) in [5.41, 5.74) is 1.00. The second-order valence-electron chi connectivity index (χ2n) is 5.79. The van der Waals surface area contributed by atoms with E-state index in [-0.39, 0.29) is 23.3 Å². The van der Waals surface area contributed by atoms with Gasteiger partial charge in [0.25, 0.3) is 0 Å². The van der Waals surface area contributed by atoms with Gasteiger partial charge in [-0.05, 0) is 31.9 Å². The Balaban J connectivity index is 1.72. The van der Waals surface area contributed by atoms with Gasteiger partial charge in [-0.25, -0.2) is 8.42 Å². The fourth-order valence-electron chi connectivity index (χ4n) is 2.68. The largest absolute Gasteiger partial charge is 0.315 e. The van der Waals surface area contributed by atoms with Crippen LogP contribution in [0, 0.1) is 12.8 Å². The number of anilines is 1. The Kier molecular flexibility index (Phi) is 4.93. The molecule has 1 fully saturated rings. The number of aromatic nitrogens is 2. The third-order valence-electron chi connectivity index (χ3n) is 4.02. The summed E-state index contributed by atoms with van der Waals surface area (Å²) in [6, 6.07) is 6.77. The standard InChI is InChI=1S/C15H18N4O3S2/c1-11-4-6-13(7-5-11)24(21,22)19-8-2-3-12(10-19)15(20)17-14-9-16-18-23-14/h4-7,9,12H,2-3,8,10H2,1H3,(H,17,20). The molecule has 1 atom stereocenters. The minimum Gasteiger partial charge on any atom is -0.315 e. The number of carbonyl (C=O) groups excluding carboxylic acids is 1. The lowest BCUT2D eigenvalue weighted by Crippen LogP contribution is -2.43. The Labute approximate surface area is 144 Å². The SMILES string of the molecule is Cc1ccc(S(=O)(=O)N2CCCC(C(=O)Nc3cnns3)C2)cc1. The van der Waals surface area contributed by atoms with Gasteiger partial charge >= 0.3 is 0 Å². The van der Waals surface area contributed by atoms with Crippen molar-refractivity contribution in [2.45, 2.75) is 24.7 Å². The minimum atomic E-state index is -3.58. The molecule has 128 valence electrons. The lowest BCUT2D eigenvalue weighted by molar-refractivity contribution is -0.120. The molecule has 1 amide bonds. The Bertz CT molecular complexity index is 804. The lowest BCUT2D eigenvalue weighted by Gasteiger charge is -2.31. The molecule has 0 saturated carbocycles. The van der Waals surface area contributed by atoms with Crippen LogP contribution in [0.2, 0.25) is 0 Å². The summed E-state index contributed by atoms with van der Waals surface area (Å²) in [5, 5.41) is 6.98. The average molecular weight is 366 g/mol. The summed E-state index contributed by atoms with van der Waals surface area (Å²) in [6.07, 6.45) is 2.80. The molecule has 1 N–H and O–H groups in total. The van der Waals surface area contributed by atoms with Crippen LogP contribution in [0.3, 0.4) is 0 Å². The number of piperidine rings is 1. The number of aryl methyl sites for hydroxylation is 1. The smallest absolute Gasteiger partial charge is 0.243 e. The summed E-state index contributed by atoms with van der Waals surface area (Å²) in [6.45, 7) is 2.53. The maximum atomic E-state index is 12.8. The molecular weight excluding hydrogens is 348 g/mol. The molecule has 1 aromatic carbocycles. The highest BCUT2D eigenvalue weighted by atomic mass is 32.2. The van der Waals surface area contributed by atoms with Crippen LogP contribution in [0.25, 0.3) is 0 Å². The second kappa shape index (κ2) is 6.96. The fourth-order valence-corrected chi connectivity index (χ4v) is 4.63. The molecule has 0 radical (unpaired) electrons. The maximum absolute atomic E-state index is 12.8. The number of hydrogen-bond acceptors (Lipinski definition) is 6. The summed E-state index contributed by atoms with van der Waals surface area (Å²) in [7, 11) is -3.58. The van der Waals surface area contributed by atoms with Crippen LogP contribution >= 0.6 is 11.5 Å². The van der Waals surface area contributed by atoms with Gasteiger partial charge in [-0.3, -0.25) is 4.79 Å². The van der Waals surface area contributed by atoms with Crippen molar-refractivity contribution in [3.8, 4) is 0 Å². The zero-order chi connectivity index (χ0) is 17.2. The van der Waals surface area contributed by atoms with E-state index in [2.05, 4.69) is 14.9 Å². The summed E-state index contributed by atoms with van der Waals surface area (Å²) >= 11 is 1.09. The first-order chi connectivity index (χ1) is 11.5. The molecule has 2 aromatic rings. The highest BCUT2D eigenvalue weighted by Gasteiger charge is 2.33. The van der Waals surface area contributed by atoms with Crippen molar-refractivity contribution in [2.24, 2.45) is 5.92 Å². The number of hydrogen-bond donors (Lipinski definition) is 1. The number of nitrogens with one attached hydrogen (secondary N) is 1. The van der Waals surface area contributed by atoms with Crippen molar-refractivity contribution in [3.63, 3.8) is 0 Å². The topological polar surface area (TPSA) is 92.3 Å². The minimum absolute atomic E-state index is 0.189. The summed E-state index contributed by atoms with van der Waals surface area (Å²) < 4.78 is 30.6. The summed E-state index contributed by atoms with van der Waals surface area (Å²) in [4.78, 5) is 12.6. The number of carbonyl (C=O) groups is 1. The molecule has 24 heavy (non-hydrogen) atoms. The third-order valence-corrected chi connectivity index (χ3v) is 6.48. The molecule has 9 heteroatoms. The van der Waals surface area contributed by atoms with E-state index in [0.29, 0.717) is 24.4 Å².